The molecule has 0 radical (unpaired) electrons. The fourth-order valence-corrected chi connectivity index (χ4v) is 3.57. The van der Waals surface area contributed by atoms with Crippen LogP contribution in [0.3, 0.4) is 0 Å². The van der Waals surface area contributed by atoms with E-state index in [9.17, 15) is 14.9 Å². The lowest BCUT2D eigenvalue weighted by atomic mass is 10.0. The number of aromatic carboxylic acids is 1. The highest BCUT2D eigenvalue weighted by atomic mass is 35.5. The molecule has 4 rings (SSSR count). The molecule has 0 saturated carbocycles. The number of hydrogen-bond acceptors (Lipinski definition) is 4. The third kappa shape index (κ3) is 4.47. The fourth-order valence-electron chi connectivity index (χ4n) is 3.44. The van der Waals surface area contributed by atoms with Crippen LogP contribution in [0.15, 0.2) is 72.8 Å². The SMILES string of the molecule is Cc1c(C(=O)Nc2ccc(C(=O)O)cc2)nn(-c2ccc(Cl)cc2)c1-c1cccc(C#N)c1. The number of aromatic nitrogens is 2. The van der Waals surface area contributed by atoms with Crippen LogP contribution in [0.1, 0.15) is 32.0 Å². The first kappa shape index (κ1) is 21.8. The Morgan fingerprint density at radius 1 is 1.06 bits per heavy atom. The summed E-state index contributed by atoms with van der Waals surface area (Å²) in [6.07, 6.45) is 0. The first-order valence-corrected chi connectivity index (χ1v) is 10.3. The zero-order valence-electron chi connectivity index (χ0n) is 17.4. The first-order chi connectivity index (χ1) is 15.9. The highest BCUT2D eigenvalue weighted by Crippen LogP contribution is 2.30. The maximum atomic E-state index is 13.1. The minimum atomic E-state index is -1.05. The smallest absolute Gasteiger partial charge is 0.335 e. The molecule has 2 N–H and O–H groups in total. The zero-order chi connectivity index (χ0) is 23.5. The summed E-state index contributed by atoms with van der Waals surface area (Å²) in [4.78, 5) is 24.1. The summed E-state index contributed by atoms with van der Waals surface area (Å²) in [5.41, 5.74) is 3.98. The van der Waals surface area contributed by atoms with Crippen LogP contribution in [0, 0.1) is 18.3 Å². The van der Waals surface area contributed by atoms with Crippen molar-refractivity contribution in [2.24, 2.45) is 0 Å². The van der Waals surface area contributed by atoms with E-state index in [0.29, 0.717) is 33.2 Å². The van der Waals surface area contributed by atoms with Crippen LogP contribution in [0.25, 0.3) is 16.9 Å². The van der Waals surface area contributed by atoms with Gasteiger partial charge in [0.1, 0.15) is 0 Å². The summed E-state index contributed by atoms with van der Waals surface area (Å²) in [5, 5.41) is 26.3. The Hall–Kier alpha value is -4.41. The molecule has 0 fully saturated rings. The minimum absolute atomic E-state index is 0.121. The van der Waals surface area contributed by atoms with Crippen LogP contribution in [-0.4, -0.2) is 26.8 Å². The van der Waals surface area contributed by atoms with Crippen molar-refractivity contribution in [3.63, 3.8) is 0 Å². The van der Waals surface area contributed by atoms with E-state index in [4.69, 9.17) is 16.7 Å². The average Bonchev–Trinajstić information content (AvgIpc) is 3.17. The number of nitrogens with one attached hydrogen (secondary N) is 1. The number of hydrogen-bond donors (Lipinski definition) is 2. The van der Waals surface area contributed by atoms with Gasteiger partial charge in [-0.2, -0.15) is 10.4 Å². The lowest BCUT2D eigenvalue weighted by molar-refractivity contribution is 0.0696. The quantitative estimate of drug-likeness (QED) is 0.422. The molecule has 33 heavy (non-hydrogen) atoms. The Morgan fingerprint density at radius 3 is 2.39 bits per heavy atom. The highest BCUT2D eigenvalue weighted by molar-refractivity contribution is 6.30. The molecule has 0 bridgehead atoms. The van der Waals surface area contributed by atoms with Gasteiger partial charge in [-0.1, -0.05) is 23.7 Å². The Balaban J connectivity index is 1.78. The number of carboxylic acid groups (broad SMARTS) is 1. The molecule has 4 aromatic rings. The lowest BCUT2D eigenvalue weighted by Crippen LogP contribution is -2.14. The summed E-state index contributed by atoms with van der Waals surface area (Å²) in [6.45, 7) is 1.79. The molecule has 0 unspecified atom stereocenters. The van der Waals surface area contributed by atoms with Gasteiger partial charge in [0.2, 0.25) is 0 Å². The minimum Gasteiger partial charge on any atom is -0.478 e. The molecule has 1 amide bonds. The Labute approximate surface area is 194 Å². The van der Waals surface area contributed by atoms with Crippen LogP contribution < -0.4 is 5.32 Å². The van der Waals surface area contributed by atoms with Gasteiger partial charge in [-0.25, -0.2) is 9.48 Å². The average molecular weight is 457 g/mol. The Kier molecular flexibility index (Phi) is 5.94. The number of rotatable bonds is 5. The third-order valence-electron chi connectivity index (χ3n) is 5.06. The molecule has 0 saturated heterocycles. The number of halogens is 1. The van der Waals surface area contributed by atoms with Crippen molar-refractivity contribution >= 4 is 29.2 Å². The molecule has 7 nitrogen and oxygen atoms in total. The summed E-state index contributed by atoms with van der Waals surface area (Å²) < 4.78 is 1.64. The van der Waals surface area contributed by atoms with E-state index in [-0.39, 0.29) is 11.3 Å². The van der Waals surface area contributed by atoms with E-state index in [2.05, 4.69) is 16.5 Å². The predicted molar refractivity (Wildman–Crippen MR) is 125 cm³/mol. The Morgan fingerprint density at radius 2 is 1.76 bits per heavy atom. The largest absolute Gasteiger partial charge is 0.478 e. The second-order valence-electron chi connectivity index (χ2n) is 7.24. The van der Waals surface area contributed by atoms with Crippen molar-refractivity contribution in [2.45, 2.75) is 6.92 Å². The molecule has 0 atom stereocenters. The van der Waals surface area contributed by atoms with Crippen molar-refractivity contribution in [2.75, 3.05) is 5.32 Å². The van der Waals surface area contributed by atoms with Crippen LogP contribution in [0.2, 0.25) is 5.02 Å². The number of amides is 1. The van der Waals surface area contributed by atoms with Gasteiger partial charge in [-0.3, -0.25) is 4.79 Å². The highest BCUT2D eigenvalue weighted by Gasteiger charge is 2.22. The summed E-state index contributed by atoms with van der Waals surface area (Å²) >= 11 is 6.04. The number of carboxylic acids is 1. The van der Waals surface area contributed by atoms with Crippen molar-refractivity contribution in [1.82, 2.24) is 9.78 Å². The molecular formula is C25H17ClN4O3. The van der Waals surface area contributed by atoms with Gasteiger partial charge in [0.15, 0.2) is 5.69 Å². The number of benzene rings is 3. The van der Waals surface area contributed by atoms with E-state index in [1.165, 1.54) is 24.3 Å². The molecule has 3 aromatic carbocycles. The standard InChI is InChI=1S/C25H17ClN4O3/c1-15-22(24(31)28-20-9-5-17(6-10-20)25(32)33)29-30(21-11-7-19(26)8-12-21)23(15)18-4-2-3-16(13-18)14-27/h2-13H,1H3,(H,28,31)(H,32,33). The van der Waals surface area contributed by atoms with E-state index in [1.54, 1.807) is 54.1 Å². The first-order valence-electron chi connectivity index (χ1n) is 9.88. The van der Waals surface area contributed by atoms with Crippen LogP contribution in [0.5, 0.6) is 0 Å². The molecule has 8 heteroatoms. The normalized spacial score (nSPS) is 10.5. The van der Waals surface area contributed by atoms with E-state index in [0.717, 1.165) is 5.56 Å². The molecule has 162 valence electrons. The van der Waals surface area contributed by atoms with Crippen LogP contribution in [-0.2, 0) is 0 Å². The monoisotopic (exact) mass is 456 g/mol. The third-order valence-corrected chi connectivity index (χ3v) is 5.32. The van der Waals surface area contributed by atoms with E-state index < -0.39 is 11.9 Å². The van der Waals surface area contributed by atoms with Crippen molar-refractivity contribution in [1.29, 1.82) is 5.26 Å². The summed E-state index contributed by atoms with van der Waals surface area (Å²) in [6, 6.07) is 22.1. The van der Waals surface area contributed by atoms with Gasteiger partial charge in [-0.15, -0.1) is 0 Å². The second kappa shape index (κ2) is 8.99. The maximum Gasteiger partial charge on any atom is 0.335 e. The van der Waals surface area contributed by atoms with Crippen molar-refractivity contribution < 1.29 is 14.7 Å². The van der Waals surface area contributed by atoms with Gasteiger partial charge >= 0.3 is 5.97 Å². The number of carbonyl (C=O) groups is 2. The molecule has 1 aromatic heterocycles. The lowest BCUT2D eigenvalue weighted by Gasteiger charge is -2.09. The Bertz CT molecular complexity index is 1400. The van der Waals surface area contributed by atoms with Crippen LogP contribution >= 0.6 is 11.6 Å². The van der Waals surface area contributed by atoms with Crippen LogP contribution in [0.4, 0.5) is 5.69 Å². The number of nitrogens with zero attached hydrogens (tertiary/aromatic N) is 3. The maximum absolute atomic E-state index is 13.1. The summed E-state index contributed by atoms with van der Waals surface area (Å²) in [7, 11) is 0. The number of carbonyl (C=O) groups excluding carboxylic acids is 1. The van der Waals surface area contributed by atoms with Crippen molar-refractivity contribution in [3.8, 4) is 23.0 Å². The van der Waals surface area contributed by atoms with Gasteiger partial charge in [0, 0.05) is 21.8 Å². The van der Waals surface area contributed by atoms with E-state index >= 15 is 0 Å². The second-order valence-corrected chi connectivity index (χ2v) is 7.68. The molecule has 0 aliphatic heterocycles. The van der Waals surface area contributed by atoms with Crippen molar-refractivity contribution in [3.05, 3.63) is 100 Å². The predicted octanol–water partition coefficient (Wildman–Crippen LogP) is 5.32. The van der Waals surface area contributed by atoms with Gasteiger partial charge in [-0.05, 0) is 67.6 Å². The molecule has 0 aliphatic rings. The topological polar surface area (TPSA) is 108 Å². The molecule has 0 spiro atoms. The van der Waals surface area contributed by atoms with E-state index in [1.807, 2.05) is 6.07 Å². The van der Waals surface area contributed by atoms with Gasteiger partial charge in [0.05, 0.1) is 28.6 Å². The molecule has 1 heterocycles. The summed E-state index contributed by atoms with van der Waals surface area (Å²) in [5.74, 6) is -1.49. The number of nitriles is 1. The zero-order valence-corrected chi connectivity index (χ0v) is 18.2. The fraction of sp³-hybridized carbons (Fsp3) is 0.0400. The van der Waals surface area contributed by atoms with Gasteiger partial charge < -0.3 is 10.4 Å². The van der Waals surface area contributed by atoms with Gasteiger partial charge in [0.25, 0.3) is 5.91 Å². The number of anilines is 1. The molecule has 0 aliphatic carbocycles. The molecular weight excluding hydrogens is 440 g/mol.